The van der Waals surface area contributed by atoms with E-state index in [2.05, 4.69) is 15.0 Å². The van der Waals surface area contributed by atoms with Crippen LogP contribution in [0, 0.1) is 0 Å². The summed E-state index contributed by atoms with van der Waals surface area (Å²) in [6.07, 6.45) is 4.11. The molecule has 0 amide bonds. The Labute approximate surface area is 151 Å². The van der Waals surface area contributed by atoms with Gasteiger partial charge < -0.3 is 10.5 Å². The van der Waals surface area contributed by atoms with Crippen molar-refractivity contribution in [2.45, 2.75) is 65.2 Å². The van der Waals surface area contributed by atoms with Crippen LogP contribution in [0.5, 0.6) is 0 Å². The maximum absolute atomic E-state index is 11.8. The third kappa shape index (κ3) is 5.22. The Morgan fingerprint density at radius 3 is 2.42 bits per heavy atom. The van der Waals surface area contributed by atoms with Gasteiger partial charge in [0, 0.05) is 25.7 Å². The van der Waals surface area contributed by atoms with E-state index < -0.39 is 5.56 Å². The van der Waals surface area contributed by atoms with Crippen LogP contribution >= 0.6 is 0 Å². The molecule has 0 atom stereocenters. The van der Waals surface area contributed by atoms with Gasteiger partial charge in [-0.15, -0.1) is 0 Å². The molecule has 2 rings (SSSR count). The van der Waals surface area contributed by atoms with Gasteiger partial charge in [0.05, 0.1) is 12.4 Å². The number of aromatic amines is 1. The molecule has 2 aromatic heterocycles. The van der Waals surface area contributed by atoms with Crippen molar-refractivity contribution in [3.63, 3.8) is 0 Å². The number of carbonyl (C=O) groups is 2. The minimum Gasteiger partial charge on any atom is -0.369 e. The molecule has 9 nitrogen and oxygen atoms in total. The van der Waals surface area contributed by atoms with Crippen LogP contribution in [0.4, 0.5) is 5.95 Å². The van der Waals surface area contributed by atoms with Gasteiger partial charge in [0.1, 0.15) is 18.3 Å². The van der Waals surface area contributed by atoms with Gasteiger partial charge in [0.2, 0.25) is 5.95 Å². The van der Waals surface area contributed by atoms with Crippen molar-refractivity contribution in [3.05, 3.63) is 16.7 Å². The minimum absolute atomic E-state index is 0.00267. The van der Waals surface area contributed by atoms with E-state index in [-0.39, 0.29) is 35.9 Å². The predicted octanol–water partition coefficient (Wildman–Crippen LogP) is 1.56. The number of hydrogen-bond acceptors (Lipinski definition) is 7. The van der Waals surface area contributed by atoms with Gasteiger partial charge in [-0.3, -0.25) is 23.9 Å². The average Bonchev–Trinajstić information content (AvgIpc) is 3.03. The third-order valence-corrected chi connectivity index (χ3v) is 4.22. The topological polar surface area (TPSA) is 133 Å². The highest BCUT2D eigenvalue weighted by Gasteiger charge is 2.15. The Morgan fingerprint density at radius 2 is 1.85 bits per heavy atom. The molecule has 2 aromatic rings. The normalized spacial score (nSPS) is 11.3. The molecule has 142 valence electrons. The van der Waals surface area contributed by atoms with Crippen LogP contribution in [0.2, 0.25) is 0 Å². The molecular weight excluding hydrogens is 338 g/mol. The van der Waals surface area contributed by atoms with E-state index in [1.165, 1.54) is 6.33 Å². The van der Waals surface area contributed by atoms with Gasteiger partial charge in [0.25, 0.3) is 5.56 Å². The maximum atomic E-state index is 11.8. The molecule has 0 bridgehead atoms. The summed E-state index contributed by atoms with van der Waals surface area (Å²) < 4.78 is 7.47. The minimum atomic E-state index is -0.412. The van der Waals surface area contributed by atoms with E-state index in [1.54, 1.807) is 4.57 Å². The lowest BCUT2D eigenvalue weighted by atomic mass is 10.0. The Hall–Kier alpha value is -2.55. The Kier molecular flexibility index (Phi) is 7.02. The van der Waals surface area contributed by atoms with Gasteiger partial charge in [-0.05, 0) is 12.8 Å². The van der Waals surface area contributed by atoms with Crippen molar-refractivity contribution in [2.75, 3.05) is 5.73 Å². The molecule has 0 saturated heterocycles. The number of nitrogen functional groups attached to an aromatic ring is 1. The van der Waals surface area contributed by atoms with Crippen molar-refractivity contribution in [2.24, 2.45) is 0 Å². The molecule has 0 radical (unpaired) electrons. The van der Waals surface area contributed by atoms with Crippen LogP contribution in [-0.2, 0) is 21.1 Å². The summed E-state index contributed by atoms with van der Waals surface area (Å²) in [6, 6.07) is 0. The molecule has 0 aromatic carbocycles. The molecule has 0 aliphatic carbocycles. The lowest BCUT2D eigenvalue weighted by Gasteiger charge is -2.17. The summed E-state index contributed by atoms with van der Waals surface area (Å²) in [4.78, 5) is 45.5. The number of rotatable bonds is 11. The quantitative estimate of drug-likeness (QED) is 0.619. The van der Waals surface area contributed by atoms with Gasteiger partial charge in [-0.1, -0.05) is 13.8 Å². The second-order valence-corrected chi connectivity index (χ2v) is 6.12. The van der Waals surface area contributed by atoms with Gasteiger partial charge in [-0.25, -0.2) is 4.98 Å². The first kappa shape index (κ1) is 19.8. The number of nitrogens with zero attached hydrogens (tertiary/aromatic N) is 3. The molecule has 9 heteroatoms. The van der Waals surface area contributed by atoms with Gasteiger partial charge >= 0.3 is 0 Å². The van der Waals surface area contributed by atoms with E-state index in [0.717, 1.165) is 0 Å². The maximum Gasteiger partial charge on any atom is 0.280 e. The number of carbonyl (C=O) groups excluding carboxylic acids is 2. The largest absolute Gasteiger partial charge is 0.369 e. The average molecular weight is 363 g/mol. The first-order valence-electron chi connectivity index (χ1n) is 8.80. The zero-order chi connectivity index (χ0) is 19.1. The number of ketones is 2. The number of ether oxygens (including phenoxy) is 1. The fourth-order valence-corrected chi connectivity index (χ4v) is 2.56. The molecule has 0 saturated carbocycles. The zero-order valence-corrected chi connectivity index (χ0v) is 15.2. The first-order chi connectivity index (χ1) is 12.4. The van der Waals surface area contributed by atoms with Crippen LogP contribution in [0.3, 0.4) is 0 Å². The van der Waals surface area contributed by atoms with Crippen LogP contribution in [-0.4, -0.2) is 37.2 Å². The number of anilines is 1. The number of imidazole rings is 1. The predicted molar refractivity (Wildman–Crippen MR) is 96.5 cm³/mol. The van der Waals surface area contributed by atoms with Crippen molar-refractivity contribution in [3.8, 4) is 0 Å². The number of H-pyrrole nitrogens is 1. The monoisotopic (exact) mass is 363 g/mol. The molecular formula is C17H25N5O4. The molecule has 0 aliphatic rings. The van der Waals surface area contributed by atoms with Crippen LogP contribution < -0.4 is 11.3 Å². The number of nitrogens with two attached hydrogens (primary N) is 1. The summed E-state index contributed by atoms with van der Waals surface area (Å²) in [5.41, 5.74) is 5.68. The molecule has 0 spiro atoms. The van der Waals surface area contributed by atoms with Crippen LogP contribution in [0.25, 0.3) is 11.2 Å². The lowest BCUT2D eigenvalue weighted by Crippen LogP contribution is -2.19. The van der Waals surface area contributed by atoms with Crippen molar-refractivity contribution >= 4 is 28.7 Å². The Bertz CT molecular complexity index is 806. The highest BCUT2D eigenvalue weighted by Crippen LogP contribution is 2.14. The number of fused-ring (bicyclic) bond motifs is 1. The number of nitrogens with one attached hydrogen (secondary N) is 1. The molecule has 2 heterocycles. The van der Waals surface area contributed by atoms with E-state index in [0.29, 0.717) is 44.2 Å². The fraction of sp³-hybridized carbons (Fsp3) is 0.588. The van der Waals surface area contributed by atoms with Gasteiger partial charge in [-0.2, -0.15) is 4.98 Å². The molecule has 26 heavy (non-hydrogen) atoms. The SMILES string of the molecule is CCC(=O)CCC(CCC(=O)CC)OCn1cnc2c(=O)[nH]c(N)nc21. The highest BCUT2D eigenvalue weighted by molar-refractivity contribution is 5.78. The van der Waals surface area contributed by atoms with E-state index >= 15 is 0 Å². The standard InChI is InChI=1S/C17H25N5O4/c1-3-11(23)5-7-13(8-6-12(24)4-2)26-10-22-9-19-14-15(22)20-17(18)21-16(14)25/h9,13H,3-8,10H2,1-2H3,(H3,18,20,21,25). The number of Topliss-reactive ketones (excluding diaryl/α,β-unsaturated/α-hetero) is 2. The van der Waals surface area contributed by atoms with Crippen LogP contribution in [0.15, 0.2) is 11.1 Å². The summed E-state index contributed by atoms with van der Waals surface area (Å²) in [6.45, 7) is 3.76. The zero-order valence-electron chi connectivity index (χ0n) is 15.2. The smallest absolute Gasteiger partial charge is 0.280 e. The fourth-order valence-electron chi connectivity index (χ4n) is 2.56. The molecule has 3 N–H and O–H groups in total. The third-order valence-electron chi connectivity index (χ3n) is 4.22. The lowest BCUT2D eigenvalue weighted by molar-refractivity contribution is -0.120. The summed E-state index contributed by atoms with van der Waals surface area (Å²) in [5, 5.41) is 0. The summed E-state index contributed by atoms with van der Waals surface area (Å²) >= 11 is 0. The van der Waals surface area contributed by atoms with Gasteiger partial charge in [0.15, 0.2) is 11.2 Å². The van der Waals surface area contributed by atoms with E-state index in [1.807, 2.05) is 13.8 Å². The molecule has 0 fully saturated rings. The number of aromatic nitrogens is 4. The van der Waals surface area contributed by atoms with Crippen molar-refractivity contribution in [1.82, 2.24) is 19.5 Å². The van der Waals surface area contributed by atoms with Crippen LogP contribution in [0.1, 0.15) is 52.4 Å². The highest BCUT2D eigenvalue weighted by atomic mass is 16.5. The van der Waals surface area contributed by atoms with E-state index in [9.17, 15) is 14.4 Å². The first-order valence-corrected chi connectivity index (χ1v) is 8.80. The second kappa shape index (κ2) is 9.23. The van der Waals surface area contributed by atoms with Crippen molar-refractivity contribution in [1.29, 1.82) is 0 Å². The molecule has 0 aliphatic heterocycles. The summed E-state index contributed by atoms with van der Waals surface area (Å²) in [5.74, 6) is 0.326. The Balaban J connectivity index is 2.06. The Morgan fingerprint density at radius 1 is 1.23 bits per heavy atom. The summed E-state index contributed by atoms with van der Waals surface area (Å²) in [7, 11) is 0. The van der Waals surface area contributed by atoms with Crippen molar-refractivity contribution < 1.29 is 14.3 Å². The molecule has 0 unspecified atom stereocenters. The number of hydrogen-bond donors (Lipinski definition) is 2. The second-order valence-electron chi connectivity index (χ2n) is 6.12. The van der Waals surface area contributed by atoms with E-state index in [4.69, 9.17) is 10.5 Å².